The number of amides is 1. The van der Waals surface area contributed by atoms with Gasteiger partial charge in [0.05, 0.1) is 5.56 Å². The Hall–Kier alpha value is -2.23. The third-order valence-electron chi connectivity index (χ3n) is 3.93. The van der Waals surface area contributed by atoms with Crippen LogP contribution >= 0.6 is 0 Å². The van der Waals surface area contributed by atoms with Gasteiger partial charge in [-0.15, -0.1) is 0 Å². The molecule has 1 atom stereocenters. The lowest BCUT2D eigenvalue weighted by Gasteiger charge is -2.36. The van der Waals surface area contributed by atoms with E-state index in [0.29, 0.717) is 6.04 Å². The molecule has 4 heteroatoms. The number of aryl methyl sites for hydroxylation is 1. The summed E-state index contributed by atoms with van der Waals surface area (Å²) in [6.07, 6.45) is 1.95. The van der Waals surface area contributed by atoms with Gasteiger partial charge in [-0.3, -0.25) is 4.79 Å². The van der Waals surface area contributed by atoms with E-state index in [1.807, 2.05) is 48.2 Å². The van der Waals surface area contributed by atoms with Crippen molar-refractivity contribution in [2.45, 2.75) is 32.0 Å². The van der Waals surface area contributed by atoms with Gasteiger partial charge in [-0.1, -0.05) is 12.1 Å². The molecule has 1 amide bonds. The van der Waals surface area contributed by atoms with Crippen molar-refractivity contribution in [3.8, 4) is 0 Å². The molecule has 1 saturated carbocycles. The first kappa shape index (κ1) is 11.6. The van der Waals surface area contributed by atoms with Crippen molar-refractivity contribution in [3.05, 3.63) is 53.5 Å². The predicted molar refractivity (Wildman–Crippen MR) is 75.4 cm³/mol. The van der Waals surface area contributed by atoms with Crippen molar-refractivity contribution in [1.82, 2.24) is 4.90 Å². The normalized spacial score (nSPS) is 21.6. The molecule has 102 valence electrons. The van der Waals surface area contributed by atoms with Crippen molar-refractivity contribution >= 4 is 11.6 Å². The summed E-state index contributed by atoms with van der Waals surface area (Å²) in [7, 11) is 0. The van der Waals surface area contributed by atoms with E-state index in [4.69, 9.17) is 4.42 Å². The molecule has 1 N–H and O–H groups in total. The van der Waals surface area contributed by atoms with Crippen LogP contribution in [-0.4, -0.2) is 16.8 Å². The standard InChI is InChI=1S/C16H16N2O2/c1-10-6-9-14(20-10)15-17-13-5-3-2-4-12(13)16(19)18(15)11-7-8-11/h2-6,9,11,15,17H,7-8H2,1H3/t15-/m1/s1. The van der Waals surface area contributed by atoms with Gasteiger partial charge in [0, 0.05) is 11.7 Å². The van der Waals surface area contributed by atoms with Gasteiger partial charge in [-0.2, -0.15) is 0 Å². The molecule has 0 saturated heterocycles. The summed E-state index contributed by atoms with van der Waals surface area (Å²) in [6, 6.07) is 11.9. The van der Waals surface area contributed by atoms with Crippen LogP contribution in [0.25, 0.3) is 0 Å². The first-order valence-corrected chi connectivity index (χ1v) is 6.98. The van der Waals surface area contributed by atoms with Crippen molar-refractivity contribution in [2.75, 3.05) is 5.32 Å². The number of furan rings is 1. The summed E-state index contributed by atoms with van der Waals surface area (Å²) in [5, 5.41) is 3.44. The molecule has 0 unspecified atom stereocenters. The van der Waals surface area contributed by atoms with Crippen LogP contribution in [0.4, 0.5) is 5.69 Å². The zero-order valence-electron chi connectivity index (χ0n) is 11.3. The van der Waals surface area contributed by atoms with Gasteiger partial charge < -0.3 is 14.6 Å². The fourth-order valence-corrected chi connectivity index (χ4v) is 2.81. The molecule has 0 bridgehead atoms. The minimum Gasteiger partial charge on any atom is -0.462 e. The van der Waals surface area contributed by atoms with E-state index in [2.05, 4.69) is 5.32 Å². The van der Waals surface area contributed by atoms with Crippen LogP contribution in [-0.2, 0) is 0 Å². The van der Waals surface area contributed by atoms with Crippen molar-refractivity contribution in [1.29, 1.82) is 0 Å². The number of hydrogen-bond acceptors (Lipinski definition) is 3. The molecule has 1 aliphatic heterocycles. The topological polar surface area (TPSA) is 45.5 Å². The highest BCUT2D eigenvalue weighted by atomic mass is 16.3. The smallest absolute Gasteiger partial charge is 0.258 e. The summed E-state index contributed by atoms with van der Waals surface area (Å²) in [6.45, 7) is 1.92. The quantitative estimate of drug-likeness (QED) is 0.908. The number of anilines is 1. The Bertz CT molecular complexity index is 673. The van der Waals surface area contributed by atoms with Gasteiger partial charge in [-0.05, 0) is 44.0 Å². The van der Waals surface area contributed by atoms with Crippen LogP contribution in [0.3, 0.4) is 0 Å². The molecule has 2 heterocycles. The number of para-hydroxylation sites is 1. The molecule has 20 heavy (non-hydrogen) atoms. The minimum absolute atomic E-state index is 0.0981. The van der Waals surface area contributed by atoms with E-state index in [0.717, 1.165) is 35.6 Å². The Morgan fingerprint density at radius 2 is 2.00 bits per heavy atom. The molecule has 2 aliphatic rings. The van der Waals surface area contributed by atoms with Crippen molar-refractivity contribution < 1.29 is 9.21 Å². The van der Waals surface area contributed by atoms with E-state index in [1.165, 1.54) is 0 Å². The average molecular weight is 268 g/mol. The number of fused-ring (bicyclic) bond motifs is 1. The summed E-state index contributed by atoms with van der Waals surface area (Å²) in [4.78, 5) is 14.7. The molecule has 2 aromatic rings. The molecule has 1 aromatic heterocycles. The van der Waals surface area contributed by atoms with Gasteiger partial charge in [0.25, 0.3) is 5.91 Å². The van der Waals surface area contributed by atoms with Crippen molar-refractivity contribution in [3.63, 3.8) is 0 Å². The summed E-state index contributed by atoms with van der Waals surface area (Å²) >= 11 is 0. The number of benzene rings is 1. The predicted octanol–water partition coefficient (Wildman–Crippen LogP) is 3.32. The molecule has 1 aliphatic carbocycles. The Kier molecular flexibility index (Phi) is 2.39. The first-order chi connectivity index (χ1) is 9.74. The van der Waals surface area contributed by atoms with Crippen LogP contribution in [0.15, 0.2) is 40.8 Å². The molecule has 1 aromatic carbocycles. The summed E-state index contributed by atoms with van der Waals surface area (Å²) in [5.41, 5.74) is 1.63. The number of hydrogen-bond donors (Lipinski definition) is 1. The highest BCUT2D eigenvalue weighted by Gasteiger charge is 2.43. The lowest BCUT2D eigenvalue weighted by atomic mass is 10.1. The maximum absolute atomic E-state index is 12.7. The average Bonchev–Trinajstić information content (AvgIpc) is 3.20. The molecule has 1 fully saturated rings. The SMILES string of the molecule is Cc1ccc([C@@H]2Nc3ccccc3C(=O)N2C2CC2)o1. The Morgan fingerprint density at radius 3 is 2.70 bits per heavy atom. The minimum atomic E-state index is -0.196. The van der Waals surface area contributed by atoms with E-state index < -0.39 is 0 Å². The zero-order chi connectivity index (χ0) is 13.7. The Labute approximate surface area is 117 Å². The van der Waals surface area contributed by atoms with Crippen LogP contribution in [0, 0.1) is 6.92 Å². The Morgan fingerprint density at radius 1 is 1.20 bits per heavy atom. The third-order valence-corrected chi connectivity index (χ3v) is 3.93. The molecular weight excluding hydrogens is 252 g/mol. The lowest BCUT2D eigenvalue weighted by Crippen LogP contribution is -2.44. The second kappa shape index (κ2) is 4.13. The lowest BCUT2D eigenvalue weighted by molar-refractivity contribution is 0.0644. The molecule has 4 rings (SSSR count). The van der Waals surface area contributed by atoms with Crippen LogP contribution in [0.5, 0.6) is 0 Å². The van der Waals surface area contributed by atoms with Crippen LogP contribution in [0.1, 0.15) is 40.9 Å². The van der Waals surface area contributed by atoms with Crippen molar-refractivity contribution in [2.24, 2.45) is 0 Å². The number of nitrogens with one attached hydrogen (secondary N) is 1. The second-order valence-electron chi connectivity index (χ2n) is 5.48. The number of carbonyl (C=O) groups is 1. The zero-order valence-corrected chi connectivity index (χ0v) is 11.3. The Balaban J connectivity index is 1.80. The van der Waals surface area contributed by atoms with E-state index >= 15 is 0 Å². The molecular formula is C16H16N2O2. The van der Waals surface area contributed by atoms with E-state index in [1.54, 1.807) is 0 Å². The second-order valence-corrected chi connectivity index (χ2v) is 5.48. The highest BCUT2D eigenvalue weighted by Crippen LogP contribution is 2.40. The van der Waals surface area contributed by atoms with Gasteiger partial charge in [0.15, 0.2) is 6.17 Å². The largest absolute Gasteiger partial charge is 0.462 e. The van der Waals surface area contributed by atoms with Crippen LogP contribution < -0.4 is 5.32 Å². The summed E-state index contributed by atoms with van der Waals surface area (Å²) < 4.78 is 5.74. The third kappa shape index (κ3) is 1.72. The number of rotatable bonds is 2. The maximum Gasteiger partial charge on any atom is 0.258 e. The summed E-state index contributed by atoms with van der Waals surface area (Å²) in [5.74, 6) is 1.77. The van der Waals surface area contributed by atoms with Gasteiger partial charge >= 0.3 is 0 Å². The molecule has 4 nitrogen and oxygen atoms in total. The van der Waals surface area contributed by atoms with Crippen LogP contribution in [0.2, 0.25) is 0 Å². The number of nitrogens with zero attached hydrogens (tertiary/aromatic N) is 1. The maximum atomic E-state index is 12.7. The number of carbonyl (C=O) groups excluding carboxylic acids is 1. The fraction of sp³-hybridized carbons (Fsp3) is 0.312. The van der Waals surface area contributed by atoms with Gasteiger partial charge in [0.1, 0.15) is 11.5 Å². The van der Waals surface area contributed by atoms with Gasteiger partial charge in [-0.25, -0.2) is 0 Å². The van der Waals surface area contributed by atoms with Gasteiger partial charge in [0.2, 0.25) is 0 Å². The first-order valence-electron chi connectivity index (χ1n) is 6.98. The molecule has 0 radical (unpaired) electrons. The monoisotopic (exact) mass is 268 g/mol. The van der Waals surface area contributed by atoms with E-state index in [9.17, 15) is 4.79 Å². The molecule has 0 spiro atoms. The van der Waals surface area contributed by atoms with E-state index in [-0.39, 0.29) is 12.1 Å². The highest BCUT2D eigenvalue weighted by molar-refractivity contribution is 6.02. The fourth-order valence-electron chi connectivity index (χ4n) is 2.81.